The summed E-state index contributed by atoms with van der Waals surface area (Å²) >= 11 is 0. The topological polar surface area (TPSA) is 29.5 Å². The lowest BCUT2D eigenvalue weighted by molar-refractivity contribution is 0.442. The van der Waals surface area contributed by atoms with Gasteiger partial charge in [0.05, 0.1) is 11.4 Å². The fraction of sp³-hybridized carbons (Fsp3) is 0.169. The van der Waals surface area contributed by atoms with Crippen molar-refractivity contribution in [1.82, 2.24) is 0 Å². The molecule has 3 nitrogen and oxygen atoms in total. The number of benzene rings is 12. The minimum atomic E-state index is -0.147. The SMILES string of the molecule is c1ccc(-c2cccc(C(c3ccc4ccc5c(N(c6cccc(-c7ccccc7)c6)c6cccc7c6oc6c(C8CCCCC8)cccc67)ccc6ccc3c4c65)c3cccc4c3oc3c(C5CCCCC5)cccc34)c2)cc1. The molecule has 12 aromatic carbocycles. The molecule has 0 aliphatic heterocycles. The Labute approximate surface area is 467 Å². The van der Waals surface area contributed by atoms with E-state index in [4.69, 9.17) is 8.83 Å². The lowest BCUT2D eigenvalue weighted by Gasteiger charge is -2.28. The third-order valence-electron chi connectivity index (χ3n) is 18.5. The molecule has 0 N–H and O–H groups in total. The molecule has 3 heteroatoms. The number of fused-ring (bicyclic) bond motifs is 6. The first-order valence-corrected chi connectivity index (χ1v) is 29.4. The summed E-state index contributed by atoms with van der Waals surface area (Å²) in [4.78, 5) is 2.48. The van der Waals surface area contributed by atoms with Crippen molar-refractivity contribution in [3.05, 3.63) is 258 Å². The first kappa shape index (κ1) is 47.1. The number of furan rings is 2. The van der Waals surface area contributed by atoms with Crippen molar-refractivity contribution >= 4 is 93.3 Å². The molecule has 0 bridgehead atoms. The number of nitrogens with zero attached hydrogens (tertiary/aromatic N) is 1. The van der Waals surface area contributed by atoms with Gasteiger partial charge < -0.3 is 13.7 Å². The van der Waals surface area contributed by atoms with E-state index in [9.17, 15) is 0 Å². The molecular formula is C77H61NO2. The van der Waals surface area contributed by atoms with Crippen LogP contribution in [0.3, 0.4) is 0 Å². The summed E-state index contributed by atoms with van der Waals surface area (Å²) in [5.74, 6) is 0.883. The Bertz CT molecular complexity index is 4330. The molecule has 0 saturated heterocycles. The highest BCUT2D eigenvalue weighted by atomic mass is 16.3. The molecule has 0 spiro atoms. The average Bonchev–Trinajstić information content (AvgIpc) is 4.19. The Morgan fingerprint density at radius 2 is 0.825 bits per heavy atom. The monoisotopic (exact) mass is 1030 g/mol. The maximum absolute atomic E-state index is 7.37. The van der Waals surface area contributed by atoms with Crippen LogP contribution in [0.25, 0.3) is 98.4 Å². The van der Waals surface area contributed by atoms with E-state index in [1.165, 1.54) is 163 Å². The fourth-order valence-electron chi connectivity index (χ4n) is 14.7. The van der Waals surface area contributed by atoms with E-state index in [1.54, 1.807) is 0 Å². The van der Waals surface area contributed by atoms with Crippen molar-refractivity contribution in [3.63, 3.8) is 0 Å². The van der Waals surface area contributed by atoms with E-state index in [-0.39, 0.29) is 5.92 Å². The van der Waals surface area contributed by atoms with Crippen LogP contribution in [0.2, 0.25) is 0 Å². The molecule has 80 heavy (non-hydrogen) atoms. The van der Waals surface area contributed by atoms with Crippen LogP contribution in [-0.4, -0.2) is 0 Å². The molecule has 2 aliphatic rings. The lowest BCUT2D eigenvalue weighted by atomic mass is 9.79. The quantitative estimate of drug-likeness (QED) is 0.101. The van der Waals surface area contributed by atoms with Crippen molar-refractivity contribution < 1.29 is 8.83 Å². The molecule has 0 radical (unpaired) electrons. The van der Waals surface area contributed by atoms with Gasteiger partial charge in [-0.15, -0.1) is 0 Å². The molecule has 0 amide bonds. The molecule has 1 unspecified atom stereocenters. The Morgan fingerprint density at radius 3 is 1.49 bits per heavy atom. The number of para-hydroxylation sites is 4. The van der Waals surface area contributed by atoms with Crippen LogP contribution in [0.5, 0.6) is 0 Å². The highest BCUT2D eigenvalue weighted by Gasteiger charge is 2.30. The largest absolute Gasteiger partial charge is 0.455 e. The first-order valence-electron chi connectivity index (χ1n) is 29.4. The number of hydrogen-bond donors (Lipinski definition) is 0. The summed E-state index contributed by atoms with van der Waals surface area (Å²) in [7, 11) is 0. The molecule has 2 heterocycles. The highest BCUT2D eigenvalue weighted by Crippen LogP contribution is 2.51. The van der Waals surface area contributed by atoms with Gasteiger partial charge in [-0.1, -0.05) is 245 Å². The van der Waals surface area contributed by atoms with Gasteiger partial charge in [0.2, 0.25) is 0 Å². The van der Waals surface area contributed by atoms with Crippen LogP contribution in [0.1, 0.15) is 110 Å². The summed E-state index contributed by atoms with van der Waals surface area (Å²) in [6, 6.07) is 86.2. The van der Waals surface area contributed by atoms with E-state index >= 15 is 0 Å². The van der Waals surface area contributed by atoms with Crippen LogP contribution >= 0.6 is 0 Å². The van der Waals surface area contributed by atoms with E-state index in [0.717, 1.165) is 44.8 Å². The van der Waals surface area contributed by atoms with E-state index in [0.29, 0.717) is 11.8 Å². The Morgan fingerprint density at radius 1 is 0.325 bits per heavy atom. The minimum Gasteiger partial charge on any atom is -0.455 e. The third kappa shape index (κ3) is 7.76. The minimum absolute atomic E-state index is 0.147. The predicted molar refractivity (Wildman–Crippen MR) is 336 cm³/mol. The molecule has 386 valence electrons. The maximum Gasteiger partial charge on any atom is 0.159 e. The summed E-state index contributed by atoms with van der Waals surface area (Å²) in [6.07, 6.45) is 12.6. The number of hydrogen-bond acceptors (Lipinski definition) is 3. The van der Waals surface area contributed by atoms with Crippen LogP contribution in [0, 0.1) is 0 Å². The second kappa shape index (κ2) is 19.5. The predicted octanol–water partition coefficient (Wildman–Crippen LogP) is 22.5. The molecule has 2 saturated carbocycles. The zero-order chi connectivity index (χ0) is 52.7. The van der Waals surface area contributed by atoms with Gasteiger partial charge in [-0.05, 0) is 133 Å². The number of anilines is 3. The summed E-state index contributed by atoms with van der Waals surface area (Å²) in [5.41, 5.74) is 18.4. The average molecular weight is 1030 g/mol. The second-order valence-electron chi connectivity index (χ2n) is 23.0. The Hall–Kier alpha value is -8.92. The Balaban J connectivity index is 0.931. The lowest BCUT2D eigenvalue weighted by Crippen LogP contribution is -2.11. The molecule has 14 aromatic rings. The van der Waals surface area contributed by atoms with Gasteiger partial charge in [0, 0.05) is 44.1 Å². The van der Waals surface area contributed by atoms with Crippen LogP contribution in [0.4, 0.5) is 17.1 Å². The van der Waals surface area contributed by atoms with Crippen LogP contribution in [0.15, 0.2) is 239 Å². The summed E-state index contributed by atoms with van der Waals surface area (Å²) < 4.78 is 14.7. The zero-order valence-electron chi connectivity index (χ0n) is 45.0. The molecule has 16 rings (SSSR count). The van der Waals surface area contributed by atoms with Gasteiger partial charge in [-0.3, -0.25) is 0 Å². The molecule has 2 aromatic heterocycles. The van der Waals surface area contributed by atoms with Gasteiger partial charge in [0.1, 0.15) is 16.7 Å². The van der Waals surface area contributed by atoms with Gasteiger partial charge in [-0.2, -0.15) is 0 Å². The zero-order valence-corrected chi connectivity index (χ0v) is 45.0. The van der Waals surface area contributed by atoms with Crippen molar-refractivity contribution in [2.45, 2.75) is 82.0 Å². The maximum atomic E-state index is 7.37. The van der Waals surface area contributed by atoms with E-state index in [1.807, 2.05) is 0 Å². The standard InChI is InChI=1S/C77H61NO2/c1-5-19-49(20-6-1)55-27-13-29-57(47-55)71(68-37-17-35-64-63-33-15-31-59(74(63)79-76(64)68)51-23-9-3-10-24-51)61-43-39-53-41-45-67-69(46-42-54-40-44-62(61)72(53)73(54)67)78(58-30-14-28-56(48-58)50-21-7-2-8-22-50)70-38-18-36-66-65-34-16-32-60(75(65)80-77(66)70)52-25-11-4-12-26-52/h1-2,5-8,13-22,27-48,51-52,71H,3-4,9-12,23-26H2. The van der Waals surface area contributed by atoms with Crippen molar-refractivity contribution in [3.8, 4) is 22.3 Å². The van der Waals surface area contributed by atoms with Crippen molar-refractivity contribution in [2.75, 3.05) is 4.90 Å². The molecule has 1 atom stereocenters. The normalized spacial score (nSPS) is 15.1. The van der Waals surface area contributed by atoms with Crippen molar-refractivity contribution in [1.29, 1.82) is 0 Å². The Kier molecular flexibility index (Phi) is 11.5. The van der Waals surface area contributed by atoms with E-state index < -0.39 is 0 Å². The second-order valence-corrected chi connectivity index (χ2v) is 23.0. The molecular weight excluding hydrogens is 971 g/mol. The van der Waals surface area contributed by atoms with E-state index in [2.05, 4.69) is 235 Å². The summed E-state index contributed by atoms with van der Waals surface area (Å²) in [6.45, 7) is 0. The summed E-state index contributed by atoms with van der Waals surface area (Å²) in [5, 5.41) is 12.1. The first-order chi connectivity index (χ1) is 39.7. The van der Waals surface area contributed by atoms with Crippen molar-refractivity contribution in [2.24, 2.45) is 0 Å². The molecule has 2 aliphatic carbocycles. The van der Waals surface area contributed by atoms with Gasteiger partial charge >= 0.3 is 0 Å². The van der Waals surface area contributed by atoms with Gasteiger partial charge in [-0.25, -0.2) is 0 Å². The fourth-order valence-corrected chi connectivity index (χ4v) is 14.7. The molecule has 2 fully saturated rings. The number of rotatable bonds is 10. The highest BCUT2D eigenvalue weighted by molar-refractivity contribution is 6.27. The smallest absolute Gasteiger partial charge is 0.159 e. The van der Waals surface area contributed by atoms with Crippen LogP contribution < -0.4 is 4.90 Å². The third-order valence-corrected chi connectivity index (χ3v) is 18.5. The van der Waals surface area contributed by atoms with Gasteiger partial charge in [0.15, 0.2) is 5.58 Å². The van der Waals surface area contributed by atoms with Crippen LogP contribution in [-0.2, 0) is 0 Å². The van der Waals surface area contributed by atoms with Gasteiger partial charge in [0.25, 0.3) is 0 Å².